The number of carboxylic acid groups (broad SMARTS) is 1. The number of aliphatic hydroxyl groups excluding tert-OH is 1. The zero-order chi connectivity index (χ0) is 16.7. The molecule has 1 amide bonds. The van der Waals surface area contributed by atoms with Crippen molar-refractivity contribution in [1.29, 1.82) is 0 Å². The average Bonchev–Trinajstić information content (AvgIpc) is 2.74. The Morgan fingerprint density at radius 1 is 1.50 bits per heavy atom. The lowest BCUT2D eigenvalue weighted by Gasteiger charge is -2.43. The minimum Gasteiger partial charge on any atom is -0.543 e. The van der Waals surface area contributed by atoms with E-state index in [1.54, 1.807) is 0 Å². The van der Waals surface area contributed by atoms with Gasteiger partial charge in [-0.2, -0.15) is 0 Å². The number of ether oxygens (including phenoxy) is 1. The maximum absolute atomic E-state index is 12.1. The van der Waals surface area contributed by atoms with Gasteiger partial charge in [0.1, 0.15) is 17.4 Å². The number of quaternary nitrogens is 1. The predicted molar refractivity (Wildman–Crippen MR) is 74.3 cm³/mol. The van der Waals surface area contributed by atoms with Gasteiger partial charge in [-0.1, -0.05) is 13.8 Å². The van der Waals surface area contributed by atoms with Crippen LogP contribution in [0.25, 0.3) is 0 Å². The first-order valence-electron chi connectivity index (χ1n) is 7.65. The zero-order valence-corrected chi connectivity index (χ0v) is 13.3. The lowest BCUT2D eigenvalue weighted by Crippen LogP contribution is -2.63. The summed E-state index contributed by atoms with van der Waals surface area (Å²) in [5, 5.41) is 21.1. The number of carboxylic acids is 1. The van der Waals surface area contributed by atoms with Gasteiger partial charge >= 0.3 is 0 Å². The standard InChI is InChI=1S/C15H24N2O5/c1-8(18)9-12(19)17-10(14(20)21)11(22-13(9)17)15(2,3)6-4-5-7-16/h8-9,13,18H,4-7,16H2,1-3H3,(H,20,21)/t8-,9?,13?/m1/s1. The van der Waals surface area contributed by atoms with E-state index in [0.29, 0.717) is 0 Å². The molecule has 0 aromatic rings. The molecule has 22 heavy (non-hydrogen) atoms. The Hall–Kier alpha value is -1.60. The monoisotopic (exact) mass is 312 g/mol. The summed E-state index contributed by atoms with van der Waals surface area (Å²) in [4.78, 5) is 24.7. The highest BCUT2D eigenvalue weighted by molar-refractivity contribution is 5.98. The van der Waals surface area contributed by atoms with Gasteiger partial charge in [0.15, 0.2) is 6.23 Å². The van der Waals surface area contributed by atoms with Crippen LogP contribution in [-0.4, -0.2) is 40.8 Å². The number of allylic oxidation sites excluding steroid dienone is 1. The highest BCUT2D eigenvalue weighted by atomic mass is 16.5. The van der Waals surface area contributed by atoms with Crippen molar-refractivity contribution in [2.75, 3.05) is 6.54 Å². The Morgan fingerprint density at radius 2 is 2.14 bits per heavy atom. The number of rotatable bonds is 7. The van der Waals surface area contributed by atoms with Crippen molar-refractivity contribution in [1.82, 2.24) is 4.90 Å². The minimum atomic E-state index is -1.42. The van der Waals surface area contributed by atoms with Crippen LogP contribution in [0.15, 0.2) is 11.5 Å². The molecule has 3 atom stereocenters. The lowest BCUT2D eigenvalue weighted by atomic mass is 9.84. The molecule has 0 aromatic heterocycles. The van der Waals surface area contributed by atoms with Crippen molar-refractivity contribution in [3.05, 3.63) is 11.5 Å². The molecule has 1 saturated heterocycles. The van der Waals surface area contributed by atoms with Gasteiger partial charge in [0.25, 0.3) is 0 Å². The molecule has 0 aromatic carbocycles. The van der Waals surface area contributed by atoms with Crippen LogP contribution in [0, 0.1) is 11.3 Å². The van der Waals surface area contributed by atoms with Crippen LogP contribution in [0.4, 0.5) is 0 Å². The number of carbonyl (C=O) groups excluding carboxylic acids is 2. The zero-order valence-electron chi connectivity index (χ0n) is 13.3. The number of fused-ring (bicyclic) bond motifs is 1. The van der Waals surface area contributed by atoms with Crippen LogP contribution < -0.4 is 10.8 Å². The third-order valence-electron chi connectivity index (χ3n) is 4.41. The molecule has 7 nitrogen and oxygen atoms in total. The topological polar surface area (TPSA) is 118 Å². The number of aliphatic hydroxyl groups is 1. The number of hydrogen-bond donors (Lipinski definition) is 2. The van der Waals surface area contributed by atoms with Gasteiger partial charge in [0.05, 0.1) is 18.6 Å². The van der Waals surface area contributed by atoms with E-state index in [0.717, 1.165) is 30.7 Å². The van der Waals surface area contributed by atoms with Crippen LogP contribution in [0.2, 0.25) is 0 Å². The normalized spacial score (nSPS) is 25.7. The molecule has 124 valence electrons. The summed E-state index contributed by atoms with van der Waals surface area (Å²) < 4.78 is 5.76. The van der Waals surface area contributed by atoms with Crippen LogP contribution >= 0.6 is 0 Å². The Labute approximate surface area is 129 Å². The summed E-state index contributed by atoms with van der Waals surface area (Å²) >= 11 is 0. The highest BCUT2D eigenvalue weighted by Gasteiger charge is 2.59. The van der Waals surface area contributed by atoms with Crippen molar-refractivity contribution in [3.63, 3.8) is 0 Å². The van der Waals surface area contributed by atoms with Crippen LogP contribution in [0.3, 0.4) is 0 Å². The van der Waals surface area contributed by atoms with Crippen molar-refractivity contribution < 1.29 is 30.3 Å². The first-order chi connectivity index (χ1) is 10.2. The Kier molecular flexibility index (Phi) is 4.49. The minimum absolute atomic E-state index is 0.188. The molecular weight excluding hydrogens is 288 g/mol. The second kappa shape index (κ2) is 5.89. The number of hydrogen-bond acceptors (Lipinski definition) is 5. The third kappa shape index (κ3) is 2.59. The number of nitrogens with zero attached hydrogens (tertiary/aromatic N) is 1. The van der Waals surface area contributed by atoms with Crippen LogP contribution in [0.5, 0.6) is 0 Å². The van der Waals surface area contributed by atoms with Gasteiger partial charge in [-0.15, -0.1) is 0 Å². The fraction of sp³-hybridized carbons (Fsp3) is 0.733. The predicted octanol–water partition coefficient (Wildman–Crippen LogP) is -1.42. The van der Waals surface area contributed by atoms with Gasteiger partial charge < -0.3 is 25.5 Å². The van der Waals surface area contributed by atoms with Gasteiger partial charge in [-0.3, -0.25) is 9.69 Å². The van der Waals surface area contributed by atoms with E-state index in [2.05, 4.69) is 5.73 Å². The second-order valence-electron chi connectivity index (χ2n) is 6.64. The smallest absolute Gasteiger partial charge is 0.241 e. The van der Waals surface area contributed by atoms with E-state index in [4.69, 9.17) is 4.74 Å². The molecule has 0 radical (unpaired) electrons. The molecule has 0 saturated carbocycles. The van der Waals surface area contributed by atoms with E-state index in [1.165, 1.54) is 6.92 Å². The van der Waals surface area contributed by atoms with E-state index in [9.17, 15) is 19.8 Å². The average molecular weight is 312 g/mol. The fourth-order valence-corrected chi connectivity index (χ4v) is 3.11. The Morgan fingerprint density at radius 3 is 2.64 bits per heavy atom. The molecule has 0 spiro atoms. The molecular formula is C15H24N2O5. The number of carbonyl (C=O) groups is 2. The Bertz CT molecular complexity index is 512. The molecule has 2 aliphatic rings. The number of aliphatic carboxylic acids is 1. The highest BCUT2D eigenvalue weighted by Crippen LogP contribution is 2.48. The molecule has 1 fully saturated rings. The molecule has 2 unspecified atom stereocenters. The number of amides is 1. The molecule has 4 N–H and O–H groups in total. The van der Waals surface area contributed by atoms with E-state index in [1.807, 2.05) is 13.8 Å². The molecule has 0 aliphatic carbocycles. The maximum Gasteiger partial charge on any atom is 0.241 e. The van der Waals surface area contributed by atoms with Crippen molar-refractivity contribution in [2.45, 2.75) is 52.4 Å². The summed E-state index contributed by atoms with van der Waals surface area (Å²) in [6.45, 7) is 6.10. The largest absolute Gasteiger partial charge is 0.543 e. The Balaban J connectivity index is 2.27. The molecule has 2 heterocycles. The summed E-state index contributed by atoms with van der Waals surface area (Å²) in [6, 6.07) is 0. The van der Waals surface area contributed by atoms with E-state index >= 15 is 0 Å². The van der Waals surface area contributed by atoms with Crippen LogP contribution in [-0.2, 0) is 14.3 Å². The first kappa shape index (κ1) is 16.8. The first-order valence-corrected chi connectivity index (χ1v) is 7.65. The molecule has 7 heteroatoms. The van der Waals surface area contributed by atoms with Gasteiger partial charge in [0.2, 0.25) is 5.91 Å². The van der Waals surface area contributed by atoms with Gasteiger partial charge in [0, 0.05) is 5.41 Å². The number of unbranched alkanes of at least 4 members (excludes halogenated alkanes) is 1. The van der Waals surface area contributed by atoms with Crippen molar-refractivity contribution in [3.8, 4) is 0 Å². The second-order valence-corrected chi connectivity index (χ2v) is 6.64. The maximum atomic E-state index is 12.1. The molecule has 2 aliphatic heterocycles. The van der Waals surface area contributed by atoms with Crippen molar-refractivity contribution in [2.24, 2.45) is 11.3 Å². The van der Waals surface area contributed by atoms with Gasteiger partial charge in [-0.25, -0.2) is 0 Å². The van der Waals surface area contributed by atoms with E-state index in [-0.39, 0.29) is 11.5 Å². The van der Waals surface area contributed by atoms with Crippen molar-refractivity contribution >= 4 is 11.9 Å². The summed E-state index contributed by atoms with van der Waals surface area (Å²) in [6.07, 6.45) is 0.942. The SMILES string of the molecule is C[C@@H](O)C1C(=O)N2C(C(=O)[O-])=C(C(C)(C)CCCC[NH3+])OC12. The molecule has 2 rings (SSSR count). The molecule has 0 bridgehead atoms. The quantitative estimate of drug-likeness (QED) is 0.442. The lowest BCUT2D eigenvalue weighted by molar-refractivity contribution is -0.368. The summed E-state index contributed by atoms with van der Waals surface area (Å²) in [7, 11) is 0. The van der Waals surface area contributed by atoms with Crippen LogP contribution in [0.1, 0.15) is 40.0 Å². The van der Waals surface area contributed by atoms with E-state index < -0.39 is 35.5 Å². The summed E-state index contributed by atoms with van der Waals surface area (Å²) in [5.74, 6) is -2.29. The fourth-order valence-electron chi connectivity index (χ4n) is 3.11. The number of β-lactam (4-membered cyclic amide) rings is 1. The van der Waals surface area contributed by atoms with Gasteiger partial charge in [-0.05, 0) is 26.2 Å². The summed E-state index contributed by atoms with van der Waals surface area (Å²) in [5.41, 5.74) is 3.08. The third-order valence-corrected chi connectivity index (χ3v) is 4.41.